The van der Waals surface area contributed by atoms with Gasteiger partial charge in [-0.3, -0.25) is 9.59 Å². The van der Waals surface area contributed by atoms with Gasteiger partial charge in [-0.1, -0.05) is 26.7 Å². The number of fused-ring (bicyclic) bond motifs is 3. The third kappa shape index (κ3) is 1.85. The van der Waals surface area contributed by atoms with E-state index in [1.807, 2.05) is 0 Å². The Morgan fingerprint density at radius 3 is 1.50 bits per heavy atom. The lowest BCUT2D eigenvalue weighted by atomic mass is 9.55. The van der Waals surface area contributed by atoms with E-state index in [4.69, 9.17) is 0 Å². The Labute approximate surface area is 110 Å². The highest BCUT2D eigenvalue weighted by Crippen LogP contribution is 2.50. The molecule has 6 unspecified atom stereocenters. The minimum atomic E-state index is -0.0121. The Morgan fingerprint density at radius 1 is 0.722 bits per heavy atom. The number of carbonyl (C=O) groups excluding carboxylic acids is 2. The molecule has 3 saturated carbocycles. The highest BCUT2D eigenvalue weighted by Gasteiger charge is 2.51. The topological polar surface area (TPSA) is 34.1 Å². The van der Waals surface area contributed by atoms with Crippen molar-refractivity contribution in [1.29, 1.82) is 0 Å². The first-order valence-electron chi connectivity index (χ1n) is 7.66. The highest BCUT2D eigenvalue weighted by molar-refractivity contribution is 6.39. The highest BCUT2D eigenvalue weighted by atomic mass is 16.2. The van der Waals surface area contributed by atoms with Crippen molar-refractivity contribution < 1.29 is 9.59 Å². The maximum Gasteiger partial charge on any atom is 0.202 e. The number of ketones is 2. The minimum Gasteiger partial charge on any atom is -0.291 e. The van der Waals surface area contributed by atoms with Crippen molar-refractivity contribution in [3.8, 4) is 0 Å². The molecular formula is C16H24O2. The first kappa shape index (κ1) is 12.4. The van der Waals surface area contributed by atoms with Gasteiger partial charge in [0.25, 0.3) is 0 Å². The SMILES string of the molecule is CC1CCC2C(C1)C(=O)C(=O)C1CC(C)CCC12. The lowest BCUT2D eigenvalue weighted by Crippen LogP contribution is -2.51. The van der Waals surface area contributed by atoms with Crippen LogP contribution < -0.4 is 0 Å². The molecule has 3 aliphatic carbocycles. The Kier molecular flexibility index (Phi) is 3.07. The molecule has 0 aromatic heterocycles. The second-order valence-electron chi connectivity index (χ2n) is 7.11. The smallest absolute Gasteiger partial charge is 0.202 e. The molecule has 0 heterocycles. The maximum absolute atomic E-state index is 12.3. The summed E-state index contributed by atoms with van der Waals surface area (Å²) in [5.41, 5.74) is 0. The molecule has 6 atom stereocenters. The Hall–Kier alpha value is -0.660. The van der Waals surface area contributed by atoms with Gasteiger partial charge in [-0.05, 0) is 49.4 Å². The zero-order valence-electron chi connectivity index (χ0n) is 11.5. The molecule has 0 saturated heterocycles. The van der Waals surface area contributed by atoms with E-state index in [-0.39, 0.29) is 23.4 Å². The Morgan fingerprint density at radius 2 is 1.11 bits per heavy atom. The monoisotopic (exact) mass is 248 g/mol. The average Bonchev–Trinajstić information content (AvgIpc) is 2.36. The summed E-state index contributed by atoms with van der Waals surface area (Å²) in [6, 6.07) is 0. The standard InChI is InChI=1S/C16H24O2/c1-9-3-5-11-12-6-4-10(2)8-14(12)16(18)15(17)13(11)7-9/h9-14H,3-8H2,1-2H3. The van der Waals surface area contributed by atoms with Crippen molar-refractivity contribution in [3.63, 3.8) is 0 Å². The second kappa shape index (κ2) is 4.47. The molecule has 0 N–H and O–H groups in total. The zero-order valence-corrected chi connectivity index (χ0v) is 11.5. The van der Waals surface area contributed by atoms with Crippen LogP contribution in [-0.2, 0) is 9.59 Å². The van der Waals surface area contributed by atoms with E-state index in [0.717, 1.165) is 12.8 Å². The van der Waals surface area contributed by atoms with Crippen LogP contribution in [0.2, 0.25) is 0 Å². The summed E-state index contributed by atoms with van der Waals surface area (Å²) in [6.07, 6.45) is 6.80. The first-order valence-corrected chi connectivity index (χ1v) is 7.66. The average molecular weight is 248 g/mol. The molecule has 0 aliphatic heterocycles. The van der Waals surface area contributed by atoms with Crippen LogP contribution in [0.15, 0.2) is 0 Å². The van der Waals surface area contributed by atoms with E-state index in [9.17, 15) is 9.59 Å². The predicted molar refractivity (Wildman–Crippen MR) is 70.0 cm³/mol. The van der Waals surface area contributed by atoms with Gasteiger partial charge in [0, 0.05) is 11.8 Å². The van der Waals surface area contributed by atoms with Crippen LogP contribution in [0.3, 0.4) is 0 Å². The van der Waals surface area contributed by atoms with Crippen LogP contribution in [0.1, 0.15) is 52.4 Å². The van der Waals surface area contributed by atoms with Gasteiger partial charge in [0.15, 0.2) is 0 Å². The lowest BCUT2D eigenvalue weighted by molar-refractivity contribution is -0.153. The van der Waals surface area contributed by atoms with E-state index in [1.54, 1.807) is 0 Å². The number of Topliss-reactive ketones (excluding diaryl/α,β-unsaturated/α-hetero) is 2. The van der Waals surface area contributed by atoms with Gasteiger partial charge in [0.1, 0.15) is 0 Å². The molecule has 0 aromatic carbocycles. The normalized spacial score (nSPS) is 48.6. The van der Waals surface area contributed by atoms with Gasteiger partial charge >= 0.3 is 0 Å². The Bertz CT molecular complexity index is 337. The third-order valence-corrected chi connectivity index (χ3v) is 5.80. The predicted octanol–water partition coefficient (Wildman–Crippen LogP) is 3.24. The zero-order chi connectivity index (χ0) is 12.9. The molecule has 2 heteroatoms. The van der Waals surface area contributed by atoms with Crippen molar-refractivity contribution in [2.45, 2.75) is 52.4 Å². The van der Waals surface area contributed by atoms with Crippen molar-refractivity contribution in [1.82, 2.24) is 0 Å². The summed E-state index contributed by atoms with van der Waals surface area (Å²) in [6.45, 7) is 4.45. The Balaban J connectivity index is 1.87. The van der Waals surface area contributed by atoms with Crippen molar-refractivity contribution >= 4 is 11.6 Å². The van der Waals surface area contributed by atoms with Crippen LogP contribution in [0, 0.1) is 35.5 Å². The number of hydrogen-bond acceptors (Lipinski definition) is 2. The summed E-state index contributed by atoms with van der Waals surface area (Å²) in [7, 11) is 0. The van der Waals surface area contributed by atoms with Gasteiger partial charge in [-0.15, -0.1) is 0 Å². The molecule has 0 radical (unpaired) electrons. The maximum atomic E-state index is 12.3. The van der Waals surface area contributed by atoms with E-state index in [1.165, 1.54) is 25.7 Å². The fraction of sp³-hybridized carbons (Fsp3) is 0.875. The lowest BCUT2D eigenvalue weighted by Gasteiger charge is -2.48. The van der Waals surface area contributed by atoms with E-state index < -0.39 is 0 Å². The van der Waals surface area contributed by atoms with Crippen LogP contribution in [0.4, 0.5) is 0 Å². The molecule has 0 bridgehead atoms. The van der Waals surface area contributed by atoms with Crippen LogP contribution in [0.5, 0.6) is 0 Å². The molecule has 2 nitrogen and oxygen atoms in total. The number of rotatable bonds is 0. The molecule has 3 rings (SSSR count). The quantitative estimate of drug-likeness (QED) is 0.617. The van der Waals surface area contributed by atoms with Crippen LogP contribution >= 0.6 is 0 Å². The van der Waals surface area contributed by atoms with Gasteiger partial charge in [0.05, 0.1) is 0 Å². The molecule has 18 heavy (non-hydrogen) atoms. The fourth-order valence-corrected chi connectivity index (χ4v) is 4.80. The molecule has 3 aliphatic rings. The van der Waals surface area contributed by atoms with E-state index in [2.05, 4.69) is 13.8 Å². The molecule has 0 amide bonds. The first-order chi connectivity index (χ1) is 8.58. The molecule has 3 fully saturated rings. The van der Waals surface area contributed by atoms with E-state index >= 15 is 0 Å². The molecule has 0 aromatic rings. The fourth-order valence-electron chi connectivity index (χ4n) is 4.80. The van der Waals surface area contributed by atoms with Gasteiger partial charge in [0.2, 0.25) is 11.6 Å². The molecule has 100 valence electrons. The van der Waals surface area contributed by atoms with Crippen LogP contribution in [0.25, 0.3) is 0 Å². The van der Waals surface area contributed by atoms with Crippen molar-refractivity contribution in [2.75, 3.05) is 0 Å². The number of carbonyl (C=O) groups is 2. The van der Waals surface area contributed by atoms with Gasteiger partial charge in [-0.2, -0.15) is 0 Å². The second-order valence-corrected chi connectivity index (χ2v) is 7.11. The summed E-state index contributed by atoms with van der Waals surface area (Å²) in [5.74, 6) is 2.45. The van der Waals surface area contributed by atoms with Crippen LogP contribution in [-0.4, -0.2) is 11.6 Å². The largest absolute Gasteiger partial charge is 0.291 e. The third-order valence-electron chi connectivity index (χ3n) is 5.80. The summed E-state index contributed by atoms with van der Waals surface area (Å²) >= 11 is 0. The summed E-state index contributed by atoms with van der Waals surface area (Å²) in [5, 5.41) is 0. The summed E-state index contributed by atoms with van der Waals surface area (Å²) in [4.78, 5) is 24.6. The molecular weight excluding hydrogens is 224 g/mol. The van der Waals surface area contributed by atoms with E-state index in [0.29, 0.717) is 23.7 Å². The van der Waals surface area contributed by atoms with Crippen molar-refractivity contribution in [3.05, 3.63) is 0 Å². The number of hydrogen-bond donors (Lipinski definition) is 0. The van der Waals surface area contributed by atoms with Gasteiger partial charge in [-0.25, -0.2) is 0 Å². The minimum absolute atomic E-state index is 0.0121. The van der Waals surface area contributed by atoms with Crippen molar-refractivity contribution in [2.24, 2.45) is 35.5 Å². The summed E-state index contributed by atoms with van der Waals surface area (Å²) < 4.78 is 0. The molecule has 0 spiro atoms. The van der Waals surface area contributed by atoms with Gasteiger partial charge < -0.3 is 0 Å².